The normalized spacial score (nSPS) is 12.7. The van der Waals surface area contributed by atoms with Gasteiger partial charge in [-0.25, -0.2) is 4.79 Å². The van der Waals surface area contributed by atoms with Gasteiger partial charge in [-0.05, 0) is 24.6 Å². The lowest BCUT2D eigenvalue weighted by Crippen LogP contribution is -1.94. The van der Waals surface area contributed by atoms with Crippen LogP contribution >= 0.6 is 0 Å². The monoisotopic (exact) mass is 247 g/mol. The maximum absolute atomic E-state index is 10.8. The van der Waals surface area contributed by atoms with E-state index >= 15 is 0 Å². The van der Waals surface area contributed by atoms with Gasteiger partial charge in [-0.2, -0.15) is 0 Å². The van der Waals surface area contributed by atoms with Crippen LogP contribution in [0.4, 0.5) is 0 Å². The van der Waals surface area contributed by atoms with E-state index in [1.807, 2.05) is 13.0 Å². The summed E-state index contributed by atoms with van der Waals surface area (Å²) in [4.78, 5) is 10.8. The van der Waals surface area contributed by atoms with Crippen molar-refractivity contribution in [2.45, 2.75) is 6.92 Å². The van der Waals surface area contributed by atoms with Gasteiger partial charge in [0.15, 0.2) is 23.0 Å². The van der Waals surface area contributed by atoms with Gasteiger partial charge in [0, 0.05) is 11.6 Å². The molecule has 2 aromatic rings. The molecule has 0 saturated carbocycles. The molecule has 1 aliphatic heterocycles. The molecule has 3 rings (SSSR count). The molecule has 0 amide bonds. The molecule has 6 heteroatoms. The van der Waals surface area contributed by atoms with Crippen molar-refractivity contribution < 1.29 is 23.9 Å². The number of fused-ring (bicyclic) bond motifs is 1. The fourth-order valence-corrected chi connectivity index (χ4v) is 1.81. The van der Waals surface area contributed by atoms with Crippen LogP contribution in [0, 0.1) is 6.92 Å². The summed E-state index contributed by atoms with van der Waals surface area (Å²) >= 11 is 0. The molecule has 18 heavy (non-hydrogen) atoms. The number of nitrogens with zero attached hydrogens (tertiary/aromatic N) is 1. The fourth-order valence-electron chi connectivity index (χ4n) is 1.81. The molecule has 0 bridgehead atoms. The van der Waals surface area contributed by atoms with Gasteiger partial charge < -0.3 is 19.1 Å². The maximum atomic E-state index is 10.8. The summed E-state index contributed by atoms with van der Waals surface area (Å²) in [5.41, 5.74) is 1.51. The Kier molecular flexibility index (Phi) is 2.22. The Hall–Kier alpha value is -2.50. The number of hydrogen-bond acceptors (Lipinski definition) is 5. The maximum Gasteiger partial charge on any atom is 0.358 e. The highest BCUT2D eigenvalue weighted by atomic mass is 16.7. The number of carboxylic acid groups (broad SMARTS) is 1. The highest BCUT2D eigenvalue weighted by Crippen LogP contribution is 2.38. The molecule has 0 saturated heterocycles. The van der Waals surface area contributed by atoms with Gasteiger partial charge in [0.1, 0.15) is 0 Å². The molecule has 0 fully saturated rings. The van der Waals surface area contributed by atoms with E-state index in [9.17, 15) is 4.79 Å². The third-order valence-electron chi connectivity index (χ3n) is 2.71. The summed E-state index contributed by atoms with van der Waals surface area (Å²) in [7, 11) is 0. The SMILES string of the molecule is Cc1cc2c(cc1-c1cc(C(=O)O)no1)OCO2. The summed E-state index contributed by atoms with van der Waals surface area (Å²) in [6.45, 7) is 2.06. The van der Waals surface area contributed by atoms with Crippen LogP contribution in [0.3, 0.4) is 0 Å². The van der Waals surface area contributed by atoms with Crippen LogP contribution in [-0.2, 0) is 0 Å². The van der Waals surface area contributed by atoms with Gasteiger partial charge in [-0.3, -0.25) is 0 Å². The zero-order valence-corrected chi connectivity index (χ0v) is 9.47. The standard InChI is InChI=1S/C12H9NO5/c1-6-2-10-11(17-5-16-10)3-7(6)9-4-8(12(14)15)13-18-9/h2-4H,5H2,1H3,(H,14,15). The lowest BCUT2D eigenvalue weighted by Gasteiger charge is -2.03. The average molecular weight is 247 g/mol. The third kappa shape index (κ3) is 1.58. The number of carbonyl (C=O) groups is 1. The molecule has 0 atom stereocenters. The first-order valence-electron chi connectivity index (χ1n) is 5.26. The summed E-state index contributed by atoms with van der Waals surface area (Å²) in [6, 6.07) is 4.96. The Morgan fingerprint density at radius 2 is 2.00 bits per heavy atom. The molecule has 0 spiro atoms. The van der Waals surface area contributed by atoms with Crippen molar-refractivity contribution >= 4 is 5.97 Å². The smallest absolute Gasteiger partial charge is 0.358 e. The lowest BCUT2D eigenvalue weighted by atomic mass is 10.1. The van der Waals surface area contributed by atoms with Crippen molar-refractivity contribution in [2.24, 2.45) is 0 Å². The van der Waals surface area contributed by atoms with Crippen molar-refractivity contribution in [1.29, 1.82) is 0 Å². The first kappa shape index (κ1) is 10.6. The van der Waals surface area contributed by atoms with Crippen molar-refractivity contribution in [1.82, 2.24) is 5.16 Å². The van der Waals surface area contributed by atoms with Gasteiger partial charge >= 0.3 is 5.97 Å². The van der Waals surface area contributed by atoms with Crippen molar-refractivity contribution in [3.05, 3.63) is 29.5 Å². The topological polar surface area (TPSA) is 81.8 Å². The number of hydrogen-bond donors (Lipinski definition) is 1. The minimum Gasteiger partial charge on any atom is -0.476 e. The van der Waals surface area contributed by atoms with E-state index in [1.54, 1.807) is 6.07 Å². The lowest BCUT2D eigenvalue weighted by molar-refractivity contribution is 0.0686. The fraction of sp³-hybridized carbons (Fsp3) is 0.167. The predicted molar refractivity (Wildman–Crippen MR) is 59.8 cm³/mol. The van der Waals surface area contributed by atoms with E-state index in [-0.39, 0.29) is 12.5 Å². The summed E-state index contributed by atoms with van der Waals surface area (Å²) in [5, 5.41) is 12.3. The highest BCUT2D eigenvalue weighted by Gasteiger charge is 2.19. The van der Waals surface area contributed by atoms with Gasteiger partial charge in [0.2, 0.25) is 6.79 Å². The van der Waals surface area contributed by atoms with Gasteiger partial charge in [-0.15, -0.1) is 0 Å². The van der Waals surface area contributed by atoms with Gasteiger partial charge in [0.25, 0.3) is 0 Å². The summed E-state index contributed by atoms with van der Waals surface area (Å²) in [5.74, 6) is 0.560. The molecule has 2 heterocycles. The third-order valence-corrected chi connectivity index (χ3v) is 2.71. The largest absolute Gasteiger partial charge is 0.476 e. The van der Waals surface area contributed by atoms with Gasteiger partial charge in [0.05, 0.1) is 0 Å². The van der Waals surface area contributed by atoms with Crippen LogP contribution in [0.5, 0.6) is 11.5 Å². The van der Waals surface area contributed by atoms with Crippen molar-refractivity contribution in [3.63, 3.8) is 0 Å². The van der Waals surface area contributed by atoms with E-state index in [2.05, 4.69) is 5.16 Å². The van der Waals surface area contributed by atoms with E-state index in [1.165, 1.54) is 6.07 Å². The molecular weight excluding hydrogens is 238 g/mol. The predicted octanol–water partition coefficient (Wildman–Crippen LogP) is 2.08. The number of ether oxygens (including phenoxy) is 2. The van der Waals surface area contributed by atoms with Crippen LogP contribution in [0.25, 0.3) is 11.3 Å². The van der Waals surface area contributed by atoms with Gasteiger partial charge in [-0.1, -0.05) is 5.16 Å². The van der Waals surface area contributed by atoms with E-state index in [0.717, 1.165) is 11.1 Å². The molecule has 1 N–H and O–H groups in total. The Morgan fingerprint density at radius 3 is 2.67 bits per heavy atom. The number of aromatic carboxylic acids is 1. The van der Waals surface area contributed by atoms with Crippen molar-refractivity contribution in [3.8, 4) is 22.8 Å². The number of benzene rings is 1. The summed E-state index contributed by atoms with van der Waals surface area (Å²) < 4.78 is 15.5. The van der Waals surface area contributed by atoms with E-state index < -0.39 is 5.97 Å². The molecule has 0 radical (unpaired) electrons. The van der Waals surface area contributed by atoms with Crippen LogP contribution in [0.2, 0.25) is 0 Å². The van der Waals surface area contributed by atoms with E-state index in [4.69, 9.17) is 19.1 Å². The van der Waals surface area contributed by atoms with Crippen LogP contribution in [-0.4, -0.2) is 23.0 Å². The molecule has 0 aliphatic carbocycles. The minimum absolute atomic E-state index is 0.123. The molecule has 0 unspecified atom stereocenters. The number of aryl methyl sites for hydroxylation is 1. The molecule has 1 aromatic heterocycles. The summed E-state index contributed by atoms with van der Waals surface area (Å²) in [6.07, 6.45) is 0. The van der Waals surface area contributed by atoms with Crippen LogP contribution in [0.1, 0.15) is 16.1 Å². The minimum atomic E-state index is -1.12. The average Bonchev–Trinajstić information content (AvgIpc) is 2.94. The zero-order chi connectivity index (χ0) is 12.7. The first-order valence-corrected chi connectivity index (χ1v) is 5.26. The van der Waals surface area contributed by atoms with Crippen LogP contribution < -0.4 is 9.47 Å². The molecule has 1 aliphatic rings. The highest BCUT2D eigenvalue weighted by molar-refractivity contribution is 5.86. The van der Waals surface area contributed by atoms with Crippen molar-refractivity contribution in [2.75, 3.05) is 6.79 Å². The van der Waals surface area contributed by atoms with E-state index in [0.29, 0.717) is 17.3 Å². The van der Waals surface area contributed by atoms with Crippen LogP contribution in [0.15, 0.2) is 22.7 Å². The second-order valence-corrected chi connectivity index (χ2v) is 3.90. The first-order chi connectivity index (χ1) is 8.65. The Bertz CT molecular complexity index is 631. The second-order valence-electron chi connectivity index (χ2n) is 3.90. The number of carboxylic acids is 1. The molecular formula is C12H9NO5. The Morgan fingerprint density at radius 1 is 1.28 bits per heavy atom. The molecule has 6 nitrogen and oxygen atoms in total. The Balaban J connectivity index is 2.08. The molecule has 1 aromatic carbocycles. The molecule has 92 valence electrons. The zero-order valence-electron chi connectivity index (χ0n) is 9.47. The Labute approximate surface area is 102 Å². The number of aromatic nitrogens is 1. The quantitative estimate of drug-likeness (QED) is 0.874. The number of rotatable bonds is 2. The second kappa shape index (κ2) is 3.76.